The molecule has 2 fully saturated rings. The zero-order valence-corrected chi connectivity index (χ0v) is 16.6. The number of likely N-dealkylation sites (tertiary alicyclic amines) is 1. The maximum atomic E-state index is 13.1. The molecule has 1 aliphatic heterocycles. The number of halogens is 3. The molecule has 0 bridgehead atoms. The topological polar surface area (TPSA) is 71.2 Å². The highest BCUT2D eigenvalue weighted by molar-refractivity contribution is 5.44. The molecule has 7 nitrogen and oxygen atoms in total. The number of alkyl halides is 3. The first-order valence-electron chi connectivity index (χ1n) is 10.0. The smallest absolute Gasteiger partial charge is 0.350 e. The van der Waals surface area contributed by atoms with Crippen molar-refractivity contribution in [3.05, 3.63) is 29.8 Å². The Kier molecular flexibility index (Phi) is 5.46. The molecule has 0 spiro atoms. The van der Waals surface area contributed by atoms with E-state index in [4.69, 9.17) is 4.52 Å². The molecule has 0 aromatic carbocycles. The van der Waals surface area contributed by atoms with Gasteiger partial charge in [0.25, 0.3) is 0 Å². The first-order chi connectivity index (χ1) is 13.8. The van der Waals surface area contributed by atoms with Crippen LogP contribution in [0.3, 0.4) is 0 Å². The minimum Gasteiger partial charge on any atom is -0.350 e. The first kappa shape index (κ1) is 20.1. The molecule has 2 aliphatic rings. The lowest BCUT2D eigenvalue weighted by Gasteiger charge is -2.39. The first-order valence-corrected chi connectivity index (χ1v) is 10.0. The molecule has 29 heavy (non-hydrogen) atoms. The monoisotopic (exact) mass is 410 g/mol. The van der Waals surface area contributed by atoms with Crippen LogP contribution >= 0.6 is 0 Å². The van der Waals surface area contributed by atoms with Crippen LogP contribution in [0.25, 0.3) is 0 Å². The van der Waals surface area contributed by atoms with Gasteiger partial charge in [-0.15, -0.1) is 0 Å². The fourth-order valence-electron chi connectivity index (χ4n) is 3.78. The van der Waals surface area contributed by atoms with Crippen LogP contribution in [0.15, 0.2) is 16.9 Å². The van der Waals surface area contributed by atoms with E-state index in [1.807, 2.05) is 13.8 Å². The Bertz CT molecular complexity index is 827. The van der Waals surface area contributed by atoms with Crippen molar-refractivity contribution in [2.75, 3.05) is 18.0 Å². The summed E-state index contributed by atoms with van der Waals surface area (Å²) in [5.41, 5.74) is -0.886. The van der Waals surface area contributed by atoms with Crippen molar-refractivity contribution in [3.63, 3.8) is 0 Å². The molecule has 1 aliphatic carbocycles. The molecule has 0 N–H and O–H groups in total. The second-order valence-electron chi connectivity index (χ2n) is 8.11. The van der Waals surface area contributed by atoms with E-state index in [2.05, 4.69) is 29.9 Å². The molecule has 0 atom stereocenters. The molecular weight excluding hydrogens is 385 g/mol. The Hall–Kier alpha value is -2.23. The SMILES string of the molecule is CC(C)c1noc(CN2CCC(N(c3cc(C(F)(F)F)ncn3)C3CC3)CC2)n1. The number of nitrogens with zero attached hydrogens (tertiary/aromatic N) is 6. The van der Waals surface area contributed by atoms with Crippen molar-refractivity contribution >= 4 is 5.82 Å². The Morgan fingerprint density at radius 1 is 1.14 bits per heavy atom. The number of piperidine rings is 1. The van der Waals surface area contributed by atoms with Crippen molar-refractivity contribution < 1.29 is 17.7 Å². The second-order valence-corrected chi connectivity index (χ2v) is 8.11. The van der Waals surface area contributed by atoms with Gasteiger partial charge in [0.1, 0.15) is 17.8 Å². The molecule has 1 saturated carbocycles. The quantitative estimate of drug-likeness (QED) is 0.720. The highest BCUT2D eigenvalue weighted by Gasteiger charge is 2.39. The summed E-state index contributed by atoms with van der Waals surface area (Å²) in [7, 11) is 0. The minimum absolute atomic E-state index is 0.170. The number of anilines is 1. The molecule has 0 amide bonds. The van der Waals surface area contributed by atoms with Crippen molar-refractivity contribution in [3.8, 4) is 0 Å². The van der Waals surface area contributed by atoms with Gasteiger partial charge in [0.15, 0.2) is 5.82 Å². The largest absolute Gasteiger partial charge is 0.433 e. The molecule has 3 heterocycles. The zero-order chi connectivity index (χ0) is 20.6. The lowest BCUT2D eigenvalue weighted by molar-refractivity contribution is -0.141. The molecule has 4 rings (SSSR count). The van der Waals surface area contributed by atoms with Crippen LogP contribution in [-0.4, -0.2) is 50.2 Å². The molecule has 158 valence electrons. The molecular formula is C19H25F3N6O. The fourth-order valence-corrected chi connectivity index (χ4v) is 3.78. The standard InChI is InChI=1S/C19H25F3N6O/c1-12(2)18-25-17(29-26-18)10-27-7-5-14(6-8-27)28(13-3-4-13)16-9-15(19(20,21)22)23-11-24-16/h9,11-14H,3-8,10H2,1-2H3. The maximum Gasteiger partial charge on any atom is 0.433 e. The average molecular weight is 410 g/mol. The van der Waals surface area contributed by atoms with E-state index in [1.165, 1.54) is 0 Å². The molecule has 0 radical (unpaired) electrons. The highest BCUT2D eigenvalue weighted by atomic mass is 19.4. The van der Waals surface area contributed by atoms with Crippen LogP contribution in [0.2, 0.25) is 0 Å². The Morgan fingerprint density at radius 2 is 1.83 bits per heavy atom. The van der Waals surface area contributed by atoms with Gasteiger partial charge in [-0.3, -0.25) is 4.90 Å². The van der Waals surface area contributed by atoms with E-state index >= 15 is 0 Å². The summed E-state index contributed by atoms with van der Waals surface area (Å²) in [6.07, 6.45) is 0.247. The van der Waals surface area contributed by atoms with Gasteiger partial charge in [-0.1, -0.05) is 19.0 Å². The van der Waals surface area contributed by atoms with Crippen molar-refractivity contribution in [2.24, 2.45) is 0 Å². The third-order valence-electron chi connectivity index (χ3n) is 5.46. The van der Waals surface area contributed by atoms with Gasteiger partial charge in [0.2, 0.25) is 5.89 Å². The van der Waals surface area contributed by atoms with Crippen LogP contribution < -0.4 is 4.90 Å². The average Bonchev–Trinajstić information content (AvgIpc) is 3.40. The minimum atomic E-state index is -4.46. The van der Waals surface area contributed by atoms with Crippen molar-refractivity contribution in [2.45, 2.75) is 70.3 Å². The molecule has 10 heteroatoms. The summed E-state index contributed by atoms with van der Waals surface area (Å²) in [4.78, 5) is 16.3. The van der Waals surface area contributed by atoms with Crippen LogP contribution in [0, 0.1) is 0 Å². The van der Waals surface area contributed by atoms with Gasteiger partial charge >= 0.3 is 6.18 Å². The predicted octanol–water partition coefficient (Wildman–Crippen LogP) is 3.64. The third kappa shape index (κ3) is 4.68. The summed E-state index contributed by atoms with van der Waals surface area (Å²) in [5, 5.41) is 4.00. The van der Waals surface area contributed by atoms with Gasteiger partial charge in [-0.25, -0.2) is 9.97 Å². The van der Waals surface area contributed by atoms with Gasteiger partial charge in [-0.05, 0) is 25.7 Å². The van der Waals surface area contributed by atoms with E-state index in [0.29, 0.717) is 24.1 Å². The maximum absolute atomic E-state index is 13.1. The van der Waals surface area contributed by atoms with Crippen LogP contribution in [-0.2, 0) is 12.7 Å². The van der Waals surface area contributed by atoms with E-state index in [-0.39, 0.29) is 18.0 Å². The summed E-state index contributed by atoms with van der Waals surface area (Å²) < 4.78 is 44.5. The van der Waals surface area contributed by atoms with Crippen LogP contribution in [0.1, 0.15) is 62.9 Å². The van der Waals surface area contributed by atoms with E-state index in [9.17, 15) is 13.2 Å². The van der Waals surface area contributed by atoms with Gasteiger partial charge in [-0.2, -0.15) is 18.2 Å². The fraction of sp³-hybridized carbons (Fsp3) is 0.684. The Labute approximate surface area is 167 Å². The van der Waals surface area contributed by atoms with Crippen LogP contribution in [0.5, 0.6) is 0 Å². The lowest BCUT2D eigenvalue weighted by atomic mass is 10.0. The zero-order valence-electron chi connectivity index (χ0n) is 16.6. The number of hydrogen-bond acceptors (Lipinski definition) is 7. The summed E-state index contributed by atoms with van der Waals surface area (Å²) in [6, 6.07) is 1.52. The van der Waals surface area contributed by atoms with Crippen LogP contribution in [0.4, 0.5) is 19.0 Å². The van der Waals surface area contributed by atoms with Gasteiger partial charge < -0.3 is 9.42 Å². The predicted molar refractivity (Wildman–Crippen MR) is 99.2 cm³/mol. The molecule has 2 aromatic heterocycles. The van der Waals surface area contributed by atoms with Gasteiger partial charge in [0, 0.05) is 37.2 Å². The number of aromatic nitrogens is 4. The normalized spacial score (nSPS) is 19.1. The number of rotatable bonds is 6. The number of hydrogen-bond donors (Lipinski definition) is 0. The Balaban J connectivity index is 1.41. The van der Waals surface area contributed by atoms with E-state index in [0.717, 1.165) is 51.2 Å². The highest BCUT2D eigenvalue weighted by Crippen LogP contribution is 2.37. The Morgan fingerprint density at radius 3 is 2.41 bits per heavy atom. The second kappa shape index (κ2) is 7.89. The molecule has 1 saturated heterocycles. The van der Waals surface area contributed by atoms with E-state index in [1.54, 1.807) is 0 Å². The van der Waals surface area contributed by atoms with Crippen molar-refractivity contribution in [1.29, 1.82) is 0 Å². The molecule has 2 aromatic rings. The van der Waals surface area contributed by atoms with Gasteiger partial charge in [0.05, 0.1) is 6.54 Å². The van der Waals surface area contributed by atoms with E-state index < -0.39 is 11.9 Å². The summed E-state index contributed by atoms with van der Waals surface area (Å²) >= 11 is 0. The summed E-state index contributed by atoms with van der Waals surface area (Å²) in [5.74, 6) is 1.92. The third-order valence-corrected chi connectivity index (χ3v) is 5.46. The lowest BCUT2D eigenvalue weighted by Crippen LogP contribution is -2.46. The van der Waals surface area contributed by atoms with Crippen molar-refractivity contribution in [1.82, 2.24) is 25.0 Å². The molecule has 0 unspecified atom stereocenters. The summed E-state index contributed by atoms with van der Waals surface area (Å²) in [6.45, 7) is 6.28.